The molecule has 1 N–H and O–H groups in total. The molecule has 39 heavy (non-hydrogen) atoms. The van der Waals surface area contributed by atoms with Crippen molar-refractivity contribution in [2.75, 3.05) is 26.2 Å². The van der Waals surface area contributed by atoms with Gasteiger partial charge in [-0.2, -0.15) is 5.10 Å². The molecule has 2 aromatic heterocycles. The van der Waals surface area contributed by atoms with Gasteiger partial charge in [-0.05, 0) is 24.3 Å². The van der Waals surface area contributed by atoms with E-state index >= 15 is 4.39 Å². The number of aromatic nitrogens is 3. The van der Waals surface area contributed by atoms with Crippen LogP contribution in [0, 0.1) is 5.82 Å². The van der Waals surface area contributed by atoms with Gasteiger partial charge in [-0.1, -0.05) is 36.4 Å². The Balaban J connectivity index is 1.60. The highest BCUT2D eigenvalue weighted by Gasteiger charge is 2.40. The van der Waals surface area contributed by atoms with Gasteiger partial charge in [0.1, 0.15) is 34.5 Å². The number of amides is 2. The van der Waals surface area contributed by atoms with E-state index in [1.165, 1.54) is 24.3 Å². The number of aromatic hydroxyl groups is 1. The van der Waals surface area contributed by atoms with Crippen molar-refractivity contribution in [3.63, 3.8) is 0 Å². The minimum absolute atomic E-state index is 0.0428. The molecule has 4 aromatic rings. The largest absolute Gasteiger partial charge is 0.507 e. The Morgan fingerprint density at radius 1 is 1.21 bits per heavy atom. The maximum atomic E-state index is 15.1. The fraction of sp³-hybridized carbons (Fsp3) is 0.214. The molecule has 1 atom stereocenters. The summed E-state index contributed by atoms with van der Waals surface area (Å²) >= 11 is 6.79. The lowest BCUT2D eigenvalue weighted by Gasteiger charge is -2.39. The second-order valence-corrected chi connectivity index (χ2v) is 9.80. The molecule has 0 aliphatic carbocycles. The van der Waals surface area contributed by atoms with Crippen molar-refractivity contribution >= 4 is 34.3 Å². The Morgan fingerprint density at radius 2 is 2.00 bits per heavy atom. The first kappa shape index (κ1) is 24.9. The molecule has 1 saturated heterocycles. The zero-order chi connectivity index (χ0) is 27.4. The standard InChI is InChI=1S/C28H23ClFN5O4/c1-3-21(37)34-10-11-35-15(13-34)14-39-27-23(28(35)38)25(16-6-4-8-19-17(16)12-31-33(19)2)32-26(24(27)29)22-18(30)7-5-9-20(22)36/h3-9,12,15,36H,1,10-11,13-14H2,2H3/t15-/m1/s1. The van der Waals surface area contributed by atoms with Gasteiger partial charge in [0.05, 0.1) is 29.0 Å². The molecule has 0 bridgehead atoms. The first-order valence-corrected chi connectivity index (χ1v) is 12.7. The Bertz CT molecular complexity index is 1670. The van der Waals surface area contributed by atoms with Crippen LogP contribution in [-0.2, 0) is 11.8 Å². The van der Waals surface area contributed by atoms with Gasteiger partial charge in [0.25, 0.3) is 5.91 Å². The average molecular weight is 548 g/mol. The fourth-order valence-corrected chi connectivity index (χ4v) is 5.57. The van der Waals surface area contributed by atoms with E-state index in [1.807, 2.05) is 12.1 Å². The smallest absolute Gasteiger partial charge is 0.260 e. The van der Waals surface area contributed by atoms with Crippen LogP contribution in [0.5, 0.6) is 11.5 Å². The minimum Gasteiger partial charge on any atom is -0.507 e. The fourth-order valence-electron chi connectivity index (χ4n) is 5.28. The molecule has 0 unspecified atom stereocenters. The van der Waals surface area contributed by atoms with Crippen LogP contribution in [0.15, 0.2) is 55.3 Å². The third-order valence-corrected chi connectivity index (χ3v) is 7.58. The first-order chi connectivity index (χ1) is 18.8. The molecule has 2 aromatic carbocycles. The number of hydrogen-bond donors (Lipinski definition) is 1. The molecule has 0 spiro atoms. The average Bonchev–Trinajstić information content (AvgIpc) is 3.25. The number of aryl methyl sites for hydroxylation is 1. The van der Waals surface area contributed by atoms with Crippen molar-refractivity contribution in [2.45, 2.75) is 6.04 Å². The SMILES string of the molecule is C=CC(=O)N1CCN2C(=O)c3c(-c4cccc5c4cnn5C)nc(-c4c(O)cccc4F)c(Cl)c3OC[C@H]2C1. The van der Waals surface area contributed by atoms with Crippen LogP contribution < -0.4 is 4.74 Å². The number of hydrogen-bond acceptors (Lipinski definition) is 6. The lowest BCUT2D eigenvalue weighted by Crippen LogP contribution is -2.57. The van der Waals surface area contributed by atoms with Crippen molar-refractivity contribution < 1.29 is 23.8 Å². The van der Waals surface area contributed by atoms with E-state index in [0.717, 1.165) is 10.9 Å². The molecule has 0 saturated carbocycles. The van der Waals surface area contributed by atoms with Crippen LogP contribution in [0.3, 0.4) is 0 Å². The molecular formula is C28H23ClFN5O4. The molecule has 198 valence electrons. The lowest BCUT2D eigenvalue weighted by molar-refractivity contribution is -0.128. The van der Waals surface area contributed by atoms with Gasteiger partial charge < -0.3 is 19.6 Å². The van der Waals surface area contributed by atoms with E-state index in [2.05, 4.69) is 11.7 Å². The van der Waals surface area contributed by atoms with Gasteiger partial charge in [-0.3, -0.25) is 14.3 Å². The summed E-state index contributed by atoms with van der Waals surface area (Å²) in [5.74, 6) is -1.64. The molecule has 9 nitrogen and oxygen atoms in total. The molecule has 2 aliphatic rings. The van der Waals surface area contributed by atoms with E-state index in [9.17, 15) is 14.7 Å². The number of phenols is 1. The quantitative estimate of drug-likeness (QED) is 0.389. The molecular weight excluding hydrogens is 525 g/mol. The number of fused-ring (bicyclic) bond motifs is 3. The van der Waals surface area contributed by atoms with Crippen molar-refractivity contribution in [1.29, 1.82) is 0 Å². The van der Waals surface area contributed by atoms with Crippen LogP contribution in [0.4, 0.5) is 4.39 Å². The minimum atomic E-state index is -0.731. The van der Waals surface area contributed by atoms with Crippen LogP contribution in [0.1, 0.15) is 10.4 Å². The van der Waals surface area contributed by atoms with E-state index in [4.69, 9.17) is 21.3 Å². The summed E-state index contributed by atoms with van der Waals surface area (Å²) in [7, 11) is 1.80. The van der Waals surface area contributed by atoms with E-state index in [0.29, 0.717) is 12.1 Å². The van der Waals surface area contributed by atoms with E-state index in [-0.39, 0.29) is 70.5 Å². The predicted octanol–water partition coefficient (Wildman–Crippen LogP) is 4.03. The number of rotatable bonds is 3. The van der Waals surface area contributed by atoms with Crippen molar-refractivity contribution in [3.05, 3.63) is 71.7 Å². The maximum absolute atomic E-state index is 15.1. The Kier molecular flexibility index (Phi) is 5.99. The molecule has 2 amide bonds. The lowest BCUT2D eigenvalue weighted by atomic mass is 9.98. The molecule has 6 rings (SSSR count). The number of nitrogens with zero attached hydrogens (tertiary/aromatic N) is 5. The summed E-state index contributed by atoms with van der Waals surface area (Å²) in [4.78, 5) is 34.4. The number of phenolic OH excluding ortho intramolecular Hbond substituents is 1. The predicted molar refractivity (Wildman–Crippen MR) is 143 cm³/mol. The van der Waals surface area contributed by atoms with Crippen LogP contribution >= 0.6 is 11.6 Å². The van der Waals surface area contributed by atoms with Gasteiger partial charge in [0.15, 0.2) is 5.75 Å². The summed E-state index contributed by atoms with van der Waals surface area (Å²) in [6, 6.07) is 8.93. The number of carbonyl (C=O) groups is 2. The second-order valence-electron chi connectivity index (χ2n) is 9.42. The number of benzene rings is 2. The molecule has 1 fully saturated rings. The summed E-state index contributed by atoms with van der Waals surface area (Å²) in [6.07, 6.45) is 2.91. The number of carbonyl (C=O) groups excluding carboxylic acids is 2. The number of pyridine rings is 1. The monoisotopic (exact) mass is 547 g/mol. The first-order valence-electron chi connectivity index (χ1n) is 12.3. The van der Waals surface area contributed by atoms with Crippen LogP contribution in [0.25, 0.3) is 33.4 Å². The highest BCUT2D eigenvalue weighted by molar-refractivity contribution is 6.35. The van der Waals surface area contributed by atoms with E-state index < -0.39 is 11.9 Å². The van der Waals surface area contributed by atoms with E-state index in [1.54, 1.807) is 33.8 Å². The molecule has 4 heterocycles. The highest BCUT2D eigenvalue weighted by Crippen LogP contribution is 2.46. The molecule has 0 radical (unpaired) electrons. The summed E-state index contributed by atoms with van der Waals surface area (Å²) in [6.45, 7) is 4.46. The van der Waals surface area contributed by atoms with Crippen molar-refractivity contribution in [1.82, 2.24) is 24.6 Å². The van der Waals surface area contributed by atoms with Gasteiger partial charge in [-0.15, -0.1) is 0 Å². The Morgan fingerprint density at radius 3 is 2.77 bits per heavy atom. The topological polar surface area (TPSA) is 101 Å². The third kappa shape index (κ3) is 3.90. The second kappa shape index (κ2) is 9.39. The van der Waals surface area contributed by atoms with Gasteiger partial charge >= 0.3 is 0 Å². The summed E-state index contributed by atoms with van der Waals surface area (Å²) in [5, 5.41) is 15.5. The van der Waals surface area contributed by atoms with Crippen LogP contribution in [0.2, 0.25) is 5.02 Å². The van der Waals surface area contributed by atoms with Gasteiger partial charge in [-0.25, -0.2) is 9.37 Å². The maximum Gasteiger partial charge on any atom is 0.260 e. The Hall–Kier alpha value is -4.44. The third-order valence-electron chi connectivity index (χ3n) is 7.23. The highest BCUT2D eigenvalue weighted by atomic mass is 35.5. The number of halogens is 2. The van der Waals surface area contributed by atoms with Crippen molar-refractivity contribution in [2.24, 2.45) is 7.05 Å². The van der Waals surface area contributed by atoms with Gasteiger partial charge in [0.2, 0.25) is 5.91 Å². The van der Waals surface area contributed by atoms with Gasteiger partial charge in [0, 0.05) is 37.6 Å². The number of ether oxygens (including phenoxy) is 1. The zero-order valence-electron chi connectivity index (χ0n) is 20.9. The molecule has 2 aliphatic heterocycles. The van der Waals surface area contributed by atoms with Crippen LogP contribution in [-0.4, -0.2) is 73.8 Å². The summed E-state index contributed by atoms with van der Waals surface area (Å²) in [5.41, 5.74) is 1.46. The molecule has 11 heteroatoms. The Labute approximate surface area is 227 Å². The number of piperazine rings is 1. The summed E-state index contributed by atoms with van der Waals surface area (Å²) < 4.78 is 22.9. The zero-order valence-corrected chi connectivity index (χ0v) is 21.7. The van der Waals surface area contributed by atoms with Crippen molar-refractivity contribution in [3.8, 4) is 34.0 Å². The normalized spacial score (nSPS) is 16.9.